The molecule has 1 aromatic heterocycles. The molecule has 2 amide bonds. The van der Waals surface area contributed by atoms with Gasteiger partial charge in [-0.25, -0.2) is 4.79 Å². The molecule has 25 heavy (non-hydrogen) atoms. The van der Waals surface area contributed by atoms with E-state index in [2.05, 4.69) is 10.2 Å². The summed E-state index contributed by atoms with van der Waals surface area (Å²) in [4.78, 5) is 26.5. The second-order valence-electron chi connectivity index (χ2n) is 6.31. The van der Waals surface area contributed by atoms with Crippen molar-refractivity contribution < 1.29 is 14.1 Å². The first-order chi connectivity index (χ1) is 12.1. The summed E-state index contributed by atoms with van der Waals surface area (Å²) < 4.78 is 5.85. The van der Waals surface area contributed by atoms with E-state index >= 15 is 0 Å². The predicted molar refractivity (Wildman–Crippen MR) is 90.0 cm³/mol. The van der Waals surface area contributed by atoms with Gasteiger partial charge in [-0.1, -0.05) is 12.1 Å². The number of piperazine rings is 1. The van der Waals surface area contributed by atoms with Gasteiger partial charge in [0.15, 0.2) is 0 Å². The van der Waals surface area contributed by atoms with Crippen LogP contribution in [0, 0.1) is 10.1 Å². The molecular weight excluding hydrogens is 324 g/mol. The van der Waals surface area contributed by atoms with Gasteiger partial charge in [0.25, 0.3) is 5.69 Å². The summed E-state index contributed by atoms with van der Waals surface area (Å²) in [7, 11) is 0. The third kappa shape index (κ3) is 2.96. The molecule has 2 aliphatic heterocycles. The van der Waals surface area contributed by atoms with Crippen molar-refractivity contribution >= 4 is 11.7 Å². The minimum Gasteiger partial charge on any atom is -0.459 e. The van der Waals surface area contributed by atoms with Gasteiger partial charge in [-0.3, -0.25) is 15.0 Å². The van der Waals surface area contributed by atoms with E-state index in [1.807, 2.05) is 11.0 Å². The van der Waals surface area contributed by atoms with E-state index in [4.69, 9.17) is 4.42 Å². The van der Waals surface area contributed by atoms with E-state index in [9.17, 15) is 14.9 Å². The predicted octanol–water partition coefficient (Wildman–Crippen LogP) is 2.06. The van der Waals surface area contributed by atoms with Crippen molar-refractivity contribution in [2.45, 2.75) is 12.6 Å². The summed E-state index contributed by atoms with van der Waals surface area (Å²) in [6.45, 7) is 3.58. The lowest BCUT2D eigenvalue weighted by molar-refractivity contribution is -0.384. The Morgan fingerprint density at radius 2 is 2.08 bits per heavy atom. The van der Waals surface area contributed by atoms with Crippen LogP contribution in [0.1, 0.15) is 5.76 Å². The molecule has 0 aliphatic carbocycles. The monoisotopic (exact) mass is 342 g/mol. The third-order valence-electron chi connectivity index (χ3n) is 4.72. The summed E-state index contributed by atoms with van der Waals surface area (Å²) in [5, 5.41) is 14.0. The normalized spacial score (nSPS) is 20.4. The zero-order valence-electron chi connectivity index (χ0n) is 13.6. The van der Waals surface area contributed by atoms with E-state index in [1.165, 1.54) is 6.07 Å². The Labute approximate surface area is 144 Å². The molecule has 0 spiro atoms. The molecule has 0 saturated carbocycles. The Hall–Kier alpha value is -2.87. The molecular formula is C17H18N4O4. The lowest BCUT2D eigenvalue weighted by Crippen LogP contribution is -2.51. The fourth-order valence-electron chi connectivity index (χ4n) is 3.48. The average molecular weight is 342 g/mol. The van der Waals surface area contributed by atoms with Gasteiger partial charge in [-0.15, -0.1) is 0 Å². The van der Waals surface area contributed by atoms with Gasteiger partial charge in [0.2, 0.25) is 0 Å². The van der Waals surface area contributed by atoms with Crippen LogP contribution >= 0.6 is 0 Å². The molecule has 8 nitrogen and oxygen atoms in total. The highest BCUT2D eigenvalue weighted by Crippen LogP contribution is 2.31. The van der Waals surface area contributed by atoms with Crippen molar-refractivity contribution in [3.8, 4) is 11.3 Å². The maximum Gasteiger partial charge on any atom is 0.317 e. The molecule has 1 unspecified atom stereocenters. The summed E-state index contributed by atoms with van der Waals surface area (Å²) in [5.74, 6) is 1.26. The first kappa shape index (κ1) is 15.6. The highest BCUT2D eigenvalue weighted by molar-refractivity contribution is 5.77. The molecule has 2 saturated heterocycles. The number of hydrogen-bond acceptors (Lipinski definition) is 5. The first-order valence-corrected chi connectivity index (χ1v) is 8.21. The number of urea groups is 1. The maximum absolute atomic E-state index is 11.6. The smallest absolute Gasteiger partial charge is 0.317 e. The first-order valence-electron chi connectivity index (χ1n) is 8.21. The topological polar surface area (TPSA) is 91.9 Å². The van der Waals surface area contributed by atoms with Crippen LogP contribution in [0.3, 0.4) is 0 Å². The molecule has 4 rings (SSSR count). The highest BCUT2D eigenvalue weighted by atomic mass is 16.6. The number of hydrogen-bond donors (Lipinski definition) is 1. The molecule has 0 bridgehead atoms. The van der Waals surface area contributed by atoms with Crippen molar-refractivity contribution in [3.63, 3.8) is 0 Å². The van der Waals surface area contributed by atoms with E-state index in [0.29, 0.717) is 31.0 Å². The number of amides is 2. The number of carbonyl (C=O) groups excluding carboxylic acids is 1. The number of carbonyl (C=O) groups is 1. The van der Waals surface area contributed by atoms with Crippen molar-refractivity contribution in [3.05, 3.63) is 52.3 Å². The fourth-order valence-corrected chi connectivity index (χ4v) is 3.48. The molecule has 1 aromatic carbocycles. The van der Waals surface area contributed by atoms with Crippen molar-refractivity contribution in [2.24, 2.45) is 0 Å². The van der Waals surface area contributed by atoms with Crippen LogP contribution < -0.4 is 5.32 Å². The molecule has 8 heteroatoms. The zero-order valence-corrected chi connectivity index (χ0v) is 13.6. The Kier molecular flexibility index (Phi) is 3.89. The number of benzene rings is 1. The van der Waals surface area contributed by atoms with Gasteiger partial charge in [-0.2, -0.15) is 0 Å². The van der Waals surface area contributed by atoms with Crippen molar-refractivity contribution in [2.75, 3.05) is 26.2 Å². The number of nitrogens with zero attached hydrogens (tertiary/aromatic N) is 3. The molecule has 130 valence electrons. The molecule has 2 aromatic rings. The molecule has 3 heterocycles. The van der Waals surface area contributed by atoms with Crippen molar-refractivity contribution in [1.29, 1.82) is 0 Å². The van der Waals surface area contributed by atoms with Crippen molar-refractivity contribution in [1.82, 2.24) is 15.1 Å². The number of para-hydroxylation sites is 1. The van der Waals surface area contributed by atoms with E-state index < -0.39 is 4.92 Å². The van der Waals surface area contributed by atoms with Crippen LogP contribution in [0.5, 0.6) is 0 Å². The molecule has 1 N–H and O–H groups in total. The van der Waals surface area contributed by atoms with Gasteiger partial charge in [0.05, 0.1) is 23.1 Å². The van der Waals surface area contributed by atoms with E-state index in [0.717, 1.165) is 18.8 Å². The second-order valence-corrected chi connectivity index (χ2v) is 6.31. The van der Waals surface area contributed by atoms with E-state index in [-0.39, 0.29) is 17.8 Å². The number of furan rings is 1. The quantitative estimate of drug-likeness (QED) is 0.678. The third-order valence-corrected chi connectivity index (χ3v) is 4.72. The number of nitrogens with one attached hydrogen (secondary N) is 1. The fraction of sp³-hybridized carbons (Fsp3) is 0.353. The zero-order chi connectivity index (χ0) is 17.4. The second kappa shape index (κ2) is 6.21. The Morgan fingerprint density at radius 3 is 2.92 bits per heavy atom. The number of nitro benzene ring substituents is 1. The molecule has 2 aliphatic rings. The van der Waals surface area contributed by atoms with Gasteiger partial charge in [0.1, 0.15) is 11.5 Å². The lowest BCUT2D eigenvalue weighted by Gasteiger charge is -2.35. The highest BCUT2D eigenvalue weighted by Gasteiger charge is 2.35. The molecule has 0 radical (unpaired) electrons. The Balaban J connectivity index is 1.48. The standard InChI is InChI=1S/C17H18N4O4/c22-17-18-9-12-10-19(7-8-20(12)17)11-13-5-6-16(25-13)14-3-1-2-4-15(14)21(23)24/h1-6,12H,7-11H2,(H,18,22). The lowest BCUT2D eigenvalue weighted by atomic mass is 10.1. The van der Waals surface area contributed by atoms with Gasteiger partial charge in [0, 0.05) is 32.2 Å². The molecule has 1 atom stereocenters. The van der Waals surface area contributed by atoms with Gasteiger partial charge >= 0.3 is 6.03 Å². The van der Waals surface area contributed by atoms with Crippen LogP contribution in [-0.4, -0.2) is 53.0 Å². The summed E-state index contributed by atoms with van der Waals surface area (Å²) in [5.41, 5.74) is 0.515. The Morgan fingerprint density at radius 1 is 1.24 bits per heavy atom. The van der Waals surface area contributed by atoms with Crippen LogP contribution in [0.4, 0.5) is 10.5 Å². The SMILES string of the molecule is O=C1NCC2CN(Cc3ccc(-c4ccccc4[N+](=O)[O-])o3)CCN12. The largest absolute Gasteiger partial charge is 0.459 e. The van der Waals surface area contributed by atoms with Gasteiger partial charge in [-0.05, 0) is 18.2 Å². The average Bonchev–Trinajstić information content (AvgIpc) is 3.22. The maximum atomic E-state index is 11.6. The summed E-state index contributed by atoms with van der Waals surface area (Å²) in [6.07, 6.45) is 0. The number of rotatable bonds is 4. The molecule has 2 fully saturated rings. The van der Waals surface area contributed by atoms with Crippen LogP contribution in [-0.2, 0) is 6.54 Å². The summed E-state index contributed by atoms with van der Waals surface area (Å²) in [6, 6.07) is 10.4. The van der Waals surface area contributed by atoms with E-state index in [1.54, 1.807) is 24.3 Å². The Bertz CT molecular complexity index is 818. The number of fused-ring (bicyclic) bond motifs is 1. The van der Waals surface area contributed by atoms with Crippen LogP contribution in [0.15, 0.2) is 40.8 Å². The van der Waals surface area contributed by atoms with Crippen LogP contribution in [0.2, 0.25) is 0 Å². The number of nitro groups is 1. The summed E-state index contributed by atoms with van der Waals surface area (Å²) >= 11 is 0. The minimum atomic E-state index is -0.402. The van der Waals surface area contributed by atoms with Gasteiger partial charge < -0.3 is 14.6 Å². The van der Waals surface area contributed by atoms with Crippen LogP contribution in [0.25, 0.3) is 11.3 Å². The minimum absolute atomic E-state index is 0.0151.